The number of hydrogen-bond donors (Lipinski definition) is 2. The molecule has 25 heavy (non-hydrogen) atoms. The molecule has 3 rings (SSSR count). The van der Waals surface area contributed by atoms with E-state index in [-0.39, 0.29) is 12.5 Å². The molecule has 0 unspecified atom stereocenters. The summed E-state index contributed by atoms with van der Waals surface area (Å²) >= 11 is 0. The molecule has 1 aromatic carbocycles. The fourth-order valence-corrected chi connectivity index (χ4v) is 2.43. The Morgan fingerprint density at radius 2 is 2.00 bits per heavy atom. The van der Waals surface area contributed by atoms with Crippen LogP contribution in [0.1, 0.15) is 17.3 Å². The Morgan fingerprint density at radius 3 is 2.76 bits per heavy atom. The van der Waals surface area contributed by atoms with Crippen molar-refractivity contribution in [3.63, 3.8) is 0 Å². The molecule has 2 heterocycles. The zero-order valence-corrected chi connectivity index (χ0v) is 14.5. The molecule has 3 aromatic rings. The quantitative estimate of drug-likeness (QED) is 0.735. The van der Waals surface area contributed by atoms with E-state index in [1.165, 1.54) is 0 Å². The second-order valence-electron chi connectivity index (χ2n) is 5.61. The fourth-order valence-electron chi connectivity index (χ4n) is 2.43. The standard InChI is InChI=1S/C17H19N5O3/c1-9-5-6-13(24-4)12(7-9)22-14(23)8-18-16-15-17(20-10(2)19-16)25-11(3)21-15/h5-7H,8H2,1-4H3,(H,22,23)(H,18,19,20). The van der Waals surface area contributed by atoms with Crippen LogP contribution in [-0.2, 0) is 4.79 Å². The molecule has 0 bridgehead atoms. The third kappa shape index (κ3) is 3.68. The topological polar surface area (TPSA) is 102 Å². The van der Waals surface area contributed by atoms with E-state index >= 15 is 0 Å². The highest BCUT2D eigenvalue weighted by atomic mass is 16.5. The van der Waals surface area contributed by atoms with Crippen molar-refractivity contribution in [2.24, 2.45) is 0 Å². The molecule has 0 aliphatic carbocycles. The highest BCUT2D eigenvalue weighted by Gasteiger charge is 2.14. The van der Waals surface area contributed by atoms with Gasteiger partial charge in [-0.3, -0.25) is 4.79 Å². The molecule has 130 valence electrons. The van der Waals surface area contributed by atoms with Crippen LogP contribution in [0.4, 0.5) is 11.5 Å². The lowest BCUT2D eigenvalue weighted by molar-refractivity contribution is -0.114. The largest absolute Gasteiger partial charge is 0.495 e. The average molecular weight is 341 g/mol. The second-order valence-corrected chi connectivity index (χ2v) is 5.61. The first-order valence-corrected chi connectivity index (χ1v) is 7.76. The predicted molar refractivity (Wildman–Crippen MR) is 93.9 cm³/mol. The summed E-state index contributed by atoms with van der Waals surface area (Å²) in [7, 11) is 1.56. The number of hydrogen-bond acceptors (Lipinski definition) is 7. The van der Waals surface area contributed by atoms with Gasteiger partial charge in [0.2, 0.25) is 5.91 Å². The lowest BCUT2D eigenvalue weighted by Crippen LogP contribution is -2.22. The molecule has 0 fully saturated rings. The minimum atomic E-state index is -0.228. The number of anilines is 2. The lowest BCUT2D eigenvalue weighted by Gasteiger charge is -2.11. The van der Waals surface area contributed by atoms with Gasteiger partial charge in [0.05, 0.1) is 19.3 Å². The van der Waals surface area contributed by atoms with Gasteiger partial charge >= 0.3 is 0 Å². The number of benzene rings is 1. The maximum atomic E-state index is 12.3. The number of aryl methyl sites for hydroxylation is 3. The van der Waals surface area contributed by atoms with Gasteiger partial charge in [0.1, 0.15) is 11.6 Å². The summed E-state index contributed by atoms with van der Waals surface area (Å²) in [6, 6.07) is 5.58. The third-order valence-electron chi connectivity index (χ3n) is 3.52. The molecule has 1 amide bonds. The molecule has 0 aliphatic heterocycles. The molecule has 0 radical (unpaired) electrons. The number of ether oxygens (including phenoxy) is 1. The van der Waals surface area contributed by atoms with Gasteiger partial charge in [-0.2, -0.15) is 4.98 Å². The fraction of sp³-hybridized carbons (Fsp3) is 0.294. The molecule has 2 N–H and O–H groups in total. The highest BCUT2D eigenvalue weighted by molar-refractivity contribution is 5.96. The van der Waals surface area contributed by atoms with Crippen LogP contribution in [0.2, 0.25) is 0 Å². The molecule has 0 atom stereocenters. The van der Waals surface area contributed by atoms with E-state index in [1.807, 2.05) is 25.1 Å². The van der Waals surface area contributed by atoms with Crippen molar-refractivity contribution in [3.8, 4) is 5.75 Å². The van der Waals surface area contributed by atoms with Crippen LogP contribution in [0.15, 0.2) is 22.6 Å². The van der Waals surface area contributed by atoms with Crippen molar-refractivity contribution in [2.75, 3.05) is 24.3 Å². The zero-order valence-electron chi connectivity index (χ0n) is 14.5. The van der Waals surface area contributed by atoms with Gasteiger partial charge < -0.3 is 19.8 Å². The van der Waals surface area contributed by atoms with Crippen LogP contribution in [0.25, 0.3) is 11.2 Å². The summed E-state index contributed by atoms with van der Waals surface area (Å²) < 4.78 is 10.7. The van der Waals surface area contributed by atoms with Gasteiger partial charge in [0, 0.05) is 6.92 Å². The summed E-state index contributed by atoms with van der Waals surface area (Å²) in [5.41, 5.74) is 2.54. The Balaban J connectivity index is 1.74. The Bertz CT molecular complexity index is 935. The van der Waals surface area contributed by atoms with Crippen molar-refractivity contribution in [1.82, 2.24) is 15.0 Å². The average Bonchev–Trinajstić information content (AvgIpc) is 2.93. The number of carbonyl (C=O) groups excluding carboxylic acids is 1. The first kappa shape index (κ1) is 16.7. The van der Waals surface area contributed by atoms with Crippen LogP contribution >= 0.6 is 0 Å². The Kier molecular flexibility index (Phi) is 4.51. The van der Waals surface area contributed by atoms with E-state index in [2.05, 4.69) is 25.6 Å². The van der Waals surface area contributed by atoms with E-state index in [0.29, 0.717) is 40.2 Å². The van der Waals surface area contributed by atoms with Gasteiger partial charge in [0.25, 0.3) is 5.71 Å². The SMILES string of the molecule is COc1ccc(C)cc1NC(=O)CNc1nc(C)nc2oc(C)nc12. The number of methoxy groups -OCH3 is 1. The molecule has 8 heteroatoms. The number of fused-ring (bicyclic) bond motifs is 1. The molecule has 0 aliphatic rings. The maximum absolute atomic E-state index is 12.3. The van der Waals surface area contributed by atoms with E-state index in [9.17, 15) is 4.79 Å². The summed E-state index contributed by atoms with van der Waals surface area (Å²) in [6.07, 6.45) is 0. The van der Waals surface area contributed by atoms with Gasteiger partial charge in [-0.1, -0.05) is 6.07 Å². The molecule has 0 saturated carbocycles. The van der Waals surface area contributed by atoms with E-state index in [1.54, 1.807) is 21.0 Å². The number of amides is 1. The van der Waals surface area contributed by atoms with Crippen LogP contribution in [-0.4, -0.2) is 34.5 Å². The van der Waals surface area contributed by atoms with E-state index < -0.39 is 0 Å². The van der Waals surface area contributed by atoms with Crippen molar-refractivity contribution in [2.45, 2.75) is 20.8 Å². The lowest BCUT2D eigenvalue weighted by atomic mass is 10.2. The maximum Gasteiger partial charge on any atom is 0.252 e. The van der Waals surface area contributed by atoms with E-state index in [0.717, 1.165) is 5.56 Å². The van der Waals surface area contributed by atoms with E-state index in [4.69, 9.17) is 9.15 Å². The van der Waals surface area contributed by atoms with Gasteiger partial charge in [-0.05, 0) is 31.5 Å². The highest BCUT2D eigenvalue weighted by Crippen LogP contribution is 2.25. The number of nitrogens with one attached hydrogen (secondary N) is 2. The molecule has 2 aromatic heterocycles. The summed E-state index contributed by atoms with van der Waals surface area (Å²) in [5, 5.41) is 5.81. The van der Waals surface area contributed by atoms with Crippen molar-refractivity contribution < 1.29 is 13.9 Å². The predicted octanol–water partition coefficient (Wildman–Crippen LogP) is 2.60. The van der Waals surface area contributed by atoms with Crippen LogP contribution in [0.3, 0.4) is 0 Å². The van der Waals surface area contributed by atoms with Gasteiger partial charge in [0.15, 0.2) is 17.2 Å². The third-order valence-corrected chi connectivity index (χ3v) is 3.52. The van der Waals surface area contributed by atoms with Crippen LogP contribution in [0.5, 0.6) is 5.75 Å². The minimum absolute atomic E-state index is 0.0224. The molecular weight excluding hydrogens is 322 g/mol. The molecule has 0 spiro atoms. The van der Waals surface area contributed by atoms with Gasteiger partial charge in [-0.25, -0.2) is 9.97 Å². The first-order chi connectivity index (χ1) is 12.0. The Morgan fingerprint density at radius 1 is 1.20 bits per heavy atom. The molecule has 8 nitrogen and oxygen atoms in total. The smallest absolute Gasteiger partial charge is 0.252 e. The van der Waals surface area contributed by atoms with Crippen molar-refractivity contribution in [3.05, 3.63) is 35.5 Å². The summed E-state index contributed by atoms with van der Waals surface area (Å²) in [6.45, 7) is 5.45. The molecule has 0 saturated heterocycles. The Labute approximate surface area is 144 Å². The van der Waals surface area contributed by atoms with Crippen LogP contribution in [0, 0.1) is 20.8 Å². The minimum Gasteiger partial charge on any atom is -0.495 e. The van der Waals surface area contributed by atoms with Gasteiger partial charge in [-0.15, -0.1) is 0 Å². The normalized spacial score (nSPS) is 10.7. The molecular formula is C17H19N5O3. The number of aromatic nitrogens is 3. The summed E-state index contributed by atoms with van der Waals surface area (Å²) in [5.74, 6) is 1.87. The number of rotatable bonds is 5. The number of nitrogens with zero attached hydrogens (tertiary/aromatic N) is 3. The number of oxazole rings is 1. The first-order valence-electron chi connectivity index (χ1n) is 7.76. The van der Waals surface area contributed by atoms with Crippen molar-refractivity contribution in [1.29, 1.82) is 0 Å². The summed E-state index contributed by atoms with van der Waals surface area (Å²) in [4.78, 5) is 25.0. The van der Waals surface area contributed by atoms with Crippen LogP contribution < -0.4 is 15.4 Å². The monoisotopic (exact) mass is 341 g/mol. The Hall–Kier alpha value is -3.16. The van der Waals surface area contributed by atoms with Crippen molar-refractivity contribution >= 4 is 28.6 Å². The zero-order chi connectivity index (χ0) is 18.0. The number of carbonyl (C=O) groups is 1. The second kappa shape index (κ2) is 6.76.